The minimum Gasteiger partial charge on any atom is -0.392 e. The average molecular weight is 261 g/mol. The molecular formula is C12H17ClO2S. The molecule has 0 saturated heterocycles. The molecule has 0 amide bonds. The van der Waals surface area contributed by atoms with E-state index in [-0.39, 0.29) is 6.10 Å². The summed E-state index contributed by atoms with van der Waals surface area (Å²) in [6.07, 6.45) is 1.42. The van der Waals surface area contributed by atoms with Gasteiger partial charge in [-0.25, -0.2) is 0 Å². The van der Waals surface area contributed by atoms with Gasteiger partial charge in [0.2, 0.25) is 0 Å². The Hall–Kier alpha value is -0.220. The van der Waals surface area contributed by atoms with Gasteiger partial charge in [-0.15, -0.1) is 11.8 Å². The maximum Gasteiger partial charge on any atom is 0.0635 e. The fourth-order valence-corrected chi connectivity index (χ4v) is 2.28. The maximum atomic E-state index is 9.69. The summed E-state index contributed by atoms with van der Waals surface area (Å²) in [5, 5.41) is 10.4. The zero-order chi connectivity index (χ0) is 11.8. The summed E-state index contributed by atoms with van der Waals surface area (Å²) in [5.41, 5.74) is 0. The first-order valence-corrected chi connectivity index (χ1v) is 6.64. The van der Waals surface area contributed by atoms with Gasteiger partial charge in [-0.1, -0.05) is 11.6 Å². The molecule has 2 nitrogen and oxygen atoms in total. The first-order valence-electron chi connectivity index (χ1n) is 5.27. The highest BCUT2D eigenvalue weighted by Gasteiger charge is 2.04. The minimum absolute atomic E-state index is 0.268. The molecule has 0 heterocycles. The summed E-state index contributed by atoms with van der Waals surface area (Å²) in [4.78, 5) is 1.13. The number of rotatable bonds is 7. The normalized spacial score (nSPS) is 12.7. The molecule has 4 heteroatoms. The molecule has 1 N–H and O–H groups in total. The Balaban J connectivity index is 2.20. The largest absolute Gasteiger partial charge is 0.392 e. The third-order valence-electron chi connectivity index (χ3n) is 2.14. The summed E-state index contributed by atoms with van der Waals surface area (Å²) in [5.74, 6) is 0.714. The van der Waals surface area contributed by atoms with E-state index in [1.165, 1.54) is 0 Å². The second-order valence-corrected chi connectivity index (χ2v) is 5.08. The molecule has 0 radical (unpaired) electrons. The molecule has 0 fully saturated rings. The monoisotopic (exact) mass is 260 g/mol. The lowest BCUT2D eigenvalue weighted by molar-refractivity contribution is 0.149. The lowest BCUT2D eigenvalue weighted by Crippen LogP contribution is -2.10. The molecule has 0 aliphatic rings. The van der Waals surface area contributed by atoms with Gasteiger partial charge in [0.1, 0.15) is 0 Å². The van der Waals surface area contributed by atoms with Gasteiger partial charge in [0.05, 0.1) is 6.10 Å². The highest BCUT2D eigenvalue weighted by atomic mass is 35.5. The Morgan fingerprint density at radius 3 is 2.69 bits per heavy atom. The Morgan fingerprint density at radius 1 is 1.38 bits per heavy atom. The van der Waals surface area contributed by atoms with Crippen molar-refractivity contribution in [1.29, 1.82) is 0 Å². The van der Waals surface area contributed by atoms with Crippen LogP contribution < -0.4 is 0 Å². The third-order valence-corrected chi connectivity index (χ3v) is 3.55. The number of aliphatic hydroxyl groups is 1. The summed E-state index contributed by atoms with van der Waals surface area (Å²) in [6.45, 7) is 0.711. The molecule has 90 valence electrons. The topological polar surface area (TPSA) is 29.5 Å². The molecule has 1 rings (SSSR count). The van der Waals surface area contributed by atoms with Crippen molar-refractivity contribution in [2.24, 2.45) is 0 Å². The molecule has 1 aromatic carbocycles. The number of methoxy groups -OCH3 is 1. The van der Waals surface area contributed by atoms with Crippen molar-refractivity contribution in [2.75, 3.05) is 19.5 Å². The standard InChI is InChI=1S/C12H17ClO2S/c1-15-8-2-3-11(14)9-16-12-6-4-10(13)5-7-12/h4-7,11,14H,2-3,8-9H2,1H3. The number of hydrogen-bond acceptors (Lipinski definition) is 3. The first-order chi connectivity index (χ1) is 7.72. The van der Waals surface area contributed by atoms with E-state index in [1.54, 1.807) is 18.9 Å². The van der Waals surface area contributed by atoms with E-state index in [0.29, 0.717) is 12.4 Å². The van der Waals surface area contributed by atoms with Crippen LogP contribution in [-0.2, 0) is 4.74 Å². The van der Waals surface area contributed by atoms with Crippen LogP contribution in [0.15, 0.2) is 29.2 Å². The van der Waals surface area contributed by atoms with Crippen LogP contribution in [0.4, 0.5) is 0 Å². The second kappa shape index (κ2) is 7.96. The molecule has 0 aliphatic heterocycles. The fourth-order valence-electron chi connectivity index (χ4n) is 1.27. The highest BCUT2D eigenvalue weighted by molar-refractivity contribution is 7.99. The molecule has 1 atom stereocenters. The van der Waals surface area contributed by atoms with Gasteiger partial charge in [0, 0.05) is 29.4 Å². The van der Waals surface area contributed by atoms with Crippen molar-refractivity contribution >= 4 is 23.4 Å². The molecule has 1 aromatic rings. The van der Waals surface area contributed by atoms with Gasteiger partial charge in [-0.2, -0.15) is 0 Å². The third kappa shape index (κ3) is 5.75. The first kappa shape index (κ1) is 13.8. The molecule has 0 aliphatic carbocycles. The van der Waals surface area contributed by atoms with Gasteiger partial charge >= 0.3 is 0 Å². The number of benzene rings is 1. The summed E-state index contributed by atoms with van der Waals surface area (Å²) in [6, 6.07) is 7.66. The molecular weight excluding hydrogens is 244 g/mol. The Labute approximate surface area is 106 Å². The smallest absolute Gasteiger partial charge is 0.0635 e. The minimum atomic E-state index is -0.268. The zero-order valence-corrected chi connectivity index (χ0v) is 10.9. The maximum absolute atomic E-state index is 9.69. The van der Waals surface area contributed by atoms with Gasteiger partial charge in [0.25, 0.3) is 0 Å². The zero-order valence-electron chi connectivity index (χ0n) is 9.36. The van der Waals surface area contributed by atoms with Crippen molar-refractivity contribution in [3.8, 4) is 0 Å². The number of hydrogen-bond donors (Lipinski definition) is 1. The second-order valence-electron chi connectivity index (χ2n) is 3.55. The van der Waals surface area contributed by atoms with Crippen LogP contribution >= 0.6 is 23.4 Å². The van der Waals surface area contributed by atoms with E-state index in [1.807, 2.05) is 24.3 Å². The van der Waals surface area contributed by atoms with E-state index >= 15 is 0 Å². The number of halogens is 1. The van der Waals surface area contributed by atoms with Crippen LogP contribution in [0.1, 0.15) is 12.8 Å². The van der Waals surface area contributed by atoms with Crippen LogP contribution in [0.5, 0.6) is 0 Å². The van der Waals surface area contributed by atoms with Gasteiger partial charge < -0.3 is 9.84 Å². The summed E-state index contributed by atoms with van der Waals surface area (Å²) < 4.78 is 4.94. The van der Waals surface area contributed by atoms with Crippen LogP contribution in [0.2, 0.25) is 5.02 Å². The fraction of sp³-hybridized carbons (Fsp3) is 0.500. The number of ether oxygens (including phenoxy) is 1. The lowest BCUT2D eigenvalue weighted by Gasteiger charge is -2.09. The van der Waals surface area contributed by atoms with Crippen molar-refractivity contribution in [3.05, 3.63) is 29.3 Å². The predicted octanol–water partition coefficient (Wildman–Crippen LogP) is 3.22. The quantitative estimate of drug-likeness (QED) is 0.603. The SMILES string of the molecule is COCCCC(O)CSc1ccc(Cl)cc1. The van der Waals surface area contributed by atoms with Crippen molar-refractivity contribution in [2.45, 2.75) is 23.8 Å². The Bertz CT molecular complexity index is 290. The van der Waals surface area contributed by atoms with E-state index in [2.05, 4.69) is 0 Å². The van der Waals surface area contributed by atoms with Gasteiger partial charge in [-0.3, -0.25) is 0 Å². The van der Waals surface area contributed by atoms with E-state index in [4.69, 9.17) is 16.3 Å². The average Bonchev–Trinajstić information content (AvgIpc) is 2.29. The van der Waals surface area contributed by atoms with Gasteiger partial charge in [0.15, 0.2) is 0 Å². The Kier molecular flexibility index (Phi) is 6.88. The highest BCUT2D eigenvalue weighted by Crippen LogP contribution is 2.21. The van der Waals surface area contributed by atoms with E-state index in [9.17, 15) is 5.11 Å². The summed E-state index contributed by atoms with van der Waals surface area (Å²) in [7, 11) is 1.68. The van der Waals surface area contributed by atoms with E-state index in [0.717, 1.165) is 22.8 Å². The molecule has 0 saturated carbocycles. The lowest BCUT2D eigenvalue weighted by atomic mass is 10.2. The van der Waals surface area contributed by atoms with Crippen molar-refractivity contribution in [3.63, 3.8) is 0 Å². The van der Waals surface area contributed by atoms with Crippen LogP contribution in [0, 0.1) is 0 Å². The molecule has 0 aromatic heterocycles. The Morgan fingerprint density at radius 2 is 2.06 bits per heavy atom. The number of aliphatic hydroxyl groups excluding tert-OH is 1. The molecule has 1 unspecified atom stereocenters. The number of thioether (sulfide) groups is 1. The van der Waals surface area contributed by atoms with Crippen LogP contribution in [0.3, 0.4) is 0 Å². The predicted molar refractivity (Wildman–Crippen MR) is 69.3 cm³/mol. The molecule has 16 heavy (non-hydrogen) atoms. The van der Waals surface area contributed by atoms with Gasteiger partial charge in [-0.05, 0) is 37.1 Å². The molecule has 0 spiro atoms. The van der Waals surface area contributed by atoms with Crippen LogP contribution in [0.25, 0.3) is 0 Å². The van der Waals surface area contributed by atoms with Crippen LogP contribution in [-0.4, -0.2) is 30.7 Å². The van der Waals surface area contributed by atoms with E-state index < -0.39 is 0 Å². The van der Waals surface area contributed by atoms with Crippen molar-refractivity contribution in [1.82, 2.24) is 0 Å². The summed E-state index contributed by atoms with van der Waals surface area (Å²) >= 11 is 7.43. The van der Waals surface area contributed by atoms with Crippen molar-refractivity contribution < 1.29 is 9.84 Å². The molecule has 0 bridgehead atoms.